The lowest BCUT2D eigenvalue weighted by molar-refractivity contribution is -0.214. The van der Waals surface area contributed by atoms with Crippen LogP contribution >= 0.6 is 0 Å². The number of amides is 2. The van der Waals surface area contributed by atoms with Gasteiger partial charge in [0.05, 0.1) is 57.1 Å². The Morgan fingerprint density at radius 1 is 1.02 bits per heavy atom. The Kier molecular flexibility index (Phi) is 10.8. The van der Waals surface area contributed by atoms with Crippen LogP contribution < -0.4 is 15.4 Å². The summed E-state index contributed by atoms with van der Waals surface area (Å²) in [6, 6.07) is 17.1. The van der Waals surface area contributed by atoms with Crippen molar-refractivity contribution in [2.45, 2.75) is 24.5 Å². The van der Waals surface area contributed by atoms with Crippen LogP contribution in [0.1, 0.15) is 40.2 Å². The van der Waals surface area contributed by atoms with Crippen molar-refractivity contribution in [3.05, 3.63) is 89.2 Å². The van der Waals surface area contributed by atoms with Crippen molar-refractivity contribution >= 4 is 38.5 Å². The number of ether oxygens (including phenoxy) is 3. The molecule has 1 saturated carbocycles. The Balaban J connectivity index is 1.24. The van der Waals surface area contributed by atoms with E-state index in [1.807, 2.05) is 6.07 Å². The van der Waals surface area contributed by atoms with E-state index in [0.717, 1.165) is 24.7 Å². The standard InChI is InChI=1S/C34H38FN3O9S/c1-37-32(39)30-27-20-26(22-8-9-22)28(21-29(27)47-31(30)23-10-12-25(35)13-11-23)38(48(2,42)43)14-15-44-16-17-45-18-19-46-34(41,33(36)40)24-6-4-3-5-7-24/h3-7,10-13,20-22,41H,8-9,14-19H2,1-2H3,(H2,36,40)(H,37,39). The van der Waals surface area contributed by atoms with Crippen molar-refractivity contribution in [2.75, 3.05) is 57.2 Å². The zero-order valence-electron chi connectivity index (χ0n) is 26.6. The van der Waals surface area contributed by atoms with Crippen molar-refractivity contribution in [2.24, 2.45) is 5.73 Å². The van der Waals surface area contributed by atoms with E-state index in [2.05, 4.69) is 5.32 Å². The van der Waals surface area contributed by atoms with Gasteiger partial charge in [-0.25, -0.2) is 12.8 Å². The van der Waals surface area contributed by atoms with E-state index < -0.39 is 27.5 Å². The molecule has 0 spiro atoms. The number of sulfonamides is 1. The zero-order chi connectivity index (χ0) is 34.5. The first-order valence-corrected chi connectivity index (χ1v) is 17.2. The van der Waals surface area contributed by atoms with Gasteiger partial charge in [-0.2, -0.15) is 0 Å². The number of nitrogens with one attached hydrogen (secondary N) is 1. The summed E-state index contributed by atoms with van der Waals surface area (Å²) in [5.41, 5.74) is 7.87. The molecule has 3 aromatic carbocycles. The summed E-state index contributed by atoms with van der Waals surface area (Å²) in [6.07, 6.45) is 2.85. The fourth-order valence-electron chi connectivity index (χ4n) is 5.38. The normalized spacial score (nSPS) is 14.5. The molecule has 1 fully saturated rings. The fraction of sp³-hybridized carbons (Fsp3) is 0.353. The van der Waals surface area contributed by atoms with Crippen molar-refractivity contribution in [3.8, 4) is 11.3 Å². The van der Waals surface area contributed by atoms with Crippen LogP contribution in [0, 0.1) is 5.82 Å². The Morgan fingerprint density at radius 2 is 1.67 bits per heavy atom. The molecular weight excluding hydrogens is 645 g/mol. The number of halogens is 1. The Bertz CT molecular complexity index is 1860. The van der Waals surface area contributed by atoms with Crippen LogP contribution in [0.5, 0.6) is 0 Å². The van der Waals surface area contributed by atoms with Crippen LogP contribution in [0.3, 0.4) is 0 Å². The van der Waals surface area contributed by atoms with Crippen LogP contribution in [0.25, 0.3) is 22.3 Å². The predicted octanol–water partition coefficient (Wildman–Crippen LogP) is 3.62. The summed E-state index contributed by atoms with van der Waals surface area (Å²) < 4.78 is 63.7. The third-order valence-corrected chi connectivity index (χ3v) is 9.11. The first-order valence-electron chi connectivity index (χ1n) is 15.4. The number of carbonyl (C=O) groups is 2. The largest absolute Gasteiger partial charge is 0.455 e. The van der Waals surface area contributed by atoms with Crippen molar-refractivity contribution in [1.29, 1.82) is 0 Å². The molecule has 0 bridgehead atoms. The minimum absolute atomic E-state index is 0.00369. The molecule has 256 valence electrons. The maximum atomic E-state index is 13.7. The predicted molar refractivity (Wildman–Crippen MR) is 176 cm³/mol. The molecule has 1 aliphatic carbocycles. The summed E-state index contributed by atoms with van der Waals surface area (Å²) in [6.45, 7) is 0.242. The van der Waals surface area contributed by atoms with Crippen molar-refractivity contribution < 1.29 is 46.1 Å². The topological polar surface area (TPSA) is 171 Å². The number of fused-ring (bicyclic) bond motifs is 1. The molecule has 0 radical (unpaired) electrons. The van der Waals surface area contributed by atoms with Gasteiger partial charge >= 0.3 is 0 Å². The van der Waals surface area contributed by atoms with Gasteiger partial charge in [0.1, 0.15) is 17.2 Å². The van der Waals surface area contributed by atoms with E-state index in [1.165, 1.54) is 47.8 Å². The number of aliphatic hydroxyl groups is 1. The molecule has 4 aromatic rings. The molecule has 2 amide bonds. The van der Waals surface area contributed by atoms with Gasteiger partial charge < -0.3 is 34.8 Å². The first-order chi connectivity index (χ1) is 22.9. The average Bonchev–Trinajstić information content (AvgIpc) is 3.85. The van der Waals surface area contributed by atoms with Gasteiger partial charge in [0.2, 0.25) is 10.0 Å². The molecular formula is C34H38FN3O9S. The van der Waals surface area contributed by atoms with E-state index in [-0.39, 0.29) is 68.3 Å². The van der Waals surface area contributed by atoms with Gasteiger partial charge in [-0.3, -0.25) is 13.9 Å². The monoisotopic (exact) mass is 683 g/mol. The summed E-state index contributed by atoms with van der Waals surface area (Å²) in [5, 5.41) is 13.8. The molecule has 1 aromatic heterocycles. The fourth-order valence-corrected chi connectivity index (χ4v) is 6.31. The Morgan fingerprint density at radius 3 is 2.27 bits per heavy atom. The molecule has 1 unspecified atom stereocenters. The molecule has 14 heteroatoms. The summed E-state index contributed by atoms with van der Waals surface area (Å²) in [4.78, 5) is 24.9. The average molecular weight is 684 g/mol. The minimum Gasteiger partial charge on any atom is -0.455 e. The molecule has 0 aliphatic heterocycles. The second-order valence-electron chi connectivity index (χ2n) is 11.4. The van der Waals surface area contributed by atoms with Gasteiger partial charge in [0.15, 0.2) is 0 Å². The lowest BCUT2D eigenvalue weighted by Gasteiger charge is -2.25. The summed E-state index contributed by atoms with van der Waals surface area (Å²) in [7, 11) is -2.26. The number of benzene rings is 3. The van der Waals surface area contributed by atoms with E-state index in [1.54, 1.807) is 24.3 Å². The number of nitrogens with zero attached hydrogens (tertiary/aromatic N) is 1. The molecule has 48 heavy (non-hydrogen) atoms. The third kappa shape index (κ3) is 7.85. The molecule has 0 saturated heterocycles. The number of hydrogen-bond acceptors (Lipinski definition) is 9. The van der Waals surface area contributed by atoms with Gasteiger partial charge in [0.25, 0.3) is 17.6 Å². The van der Waals surface area contributed by atoms with Crippen molar-refractivity contribution in [1.82, 2.24) is 5.32 Å². The summed E-state index contributed by atoms with van der Waals surface area (Å²) >= 11 is 0. The highest BCUT2D eigenvalue weighted by Gasteiger charge is 2.37. The molecule has 4 N–H and O–H groups in total. The Hall–Kier alpha value is -4.34. The first kappa shape index (κ1) is 35.0. The SMILES string of the molecule is CNC(=O)c1c(-c2ccc(F)cc2)oc2cc(N(CCOCCOCCOC(O)(C(N)=O)c3ccccc3)S(C)(=O)=O)c(C3CC3)cc12. The molecule has 1 aliphatic rings. The smallest absolute Gasteiger partial charge is 0.282 e. The number of hydrogen-bond donors (Lipinski definition) is 3. The number of primary amides is 1. The molecule has 1 heterocycles. The van der Waals surface area contributed by atoms with Crippen LogP contribution in [0.2, 0.25) is 0 Å². The van der Waals surface area contributed by atoms with E-state index in [0.29, 0.717) is 22.2 Å². The number of furan rings is 1. The highest BCUT2D eigenvalue weighted by Crippen LogP contribution is 2.48. The second-order valence-corrected chi connectivity index (χ2v) is 13.3. The maximum Gasteiger partial charge on any atom is 0.282 e. The van der Waals surface area contributed by atoms with E-state index >= 15 is 0 Å². The highest BCUT2D eigenvalue weighted by molar-refractivity contribution is 7.92. The van der Waals surface area contributed by atoms with Crippen LogP contribution in [-0.2, 0) is 34.8 Å². The lowest BCUT2D eigenvalue weighted by atomic mass is 10.0. The summed E-state index contributed by atoms with van der Waals surface area (Å²) in [5.74, 6) is -3.80. The number of rotatable bonds is 17. The zero-order valence-corrected chi connectivity index (χ0v) is 27.4. The number of carbonyl (C=O) groups excluding carboxylic acids is 2. The molecule has 1 atom stereocenters. The lowest BCUT2D eigenvalue weighted by Crippen LogP contribution is -2.44. The maximum absolute atomic E-state index is 13.7. The van der Waals surface area contributed by atoms with E-state index in [9.17, 15) is 27.5 Å². The van der Waals surface area contributed by atoms with Gasteiger partial charge in [-0.05, 0) is 54.7 Å². The number of nitrogens with two attached hydrogens (primary N) is 1. The quantitative estimate of drug-likeness (QED) is 0.111. The molecule has 12 nitrogen and oxygen atoms in total. The van der Waals surface area contributed by atoms with E-state index in [4.69, 9.17) is 24.4 Å². The van der Waals surface area contributed by atoms with Crippen LogP contribution in [0.15, 0.2) is 71.1 Å². The molecule has 5 rings (SSSR count). The second kappa shape index (κ2) is 14.8. The van der Waals surface area contributed by atoms with Crippen molar-refractivity contribution in [3.63, 3.8) is 0 Å². The highest BCUT2D eigenvalue weighted by atomic mass is 32.2. The third-order valence-electron chi connectivity index (χ3n) is 7.93. The number of anilines is 1. The van der Waals surface area contributed by atoms with Crippen LogP contribution in [0.4, 0.5) is 10.1 Å². The van der Waals surface area contributed by atoms with Crippen LogP contribution in [-0.4, -0.2) is 78.2 Å². The van der Waals surface area contributed by atoms with Gasteiger partial charge in [-0.1, -0.05) is 30.3 Å². The van der Waals surface area contributed by atoms with Gasteiger partial charge in [0, 0.05) is 29.6 Å². The van der Waals surface area contributed by atoms with Gasteiger partial charge in [-0.15, -0.1) is 0 Å². The minimum atomic E-state index is -3.76. The Labute approximate surface area is 277 Å².